The molecule has 4 aromatic rings. The predicted molar refractivity (Wildman–Crippen MR) is 195 cm³/mol. The van der Waals surface area contributed by atoms with Gasteiger partial charge in [0, 0.05) is 0 Å². The molecule has 0 fully saturated rings. The van der Waals surface area contributed by atoms with E-state index in [0.29, 0.717) is 0 Å². The third-order valence-corrected chi connectivity index (χ3v) is 4.42. The van der Waals surface area contributed by atoms with E-state index in [1.807, 2.05) is 110 Å². The molecule has 232 valence electrons. The molecule has 0 radical (unpaired) electrons. The van der Waals surface area contributed by atoms with Crippen LogP contribution in [0, 0.1) is 0 Å². The Hall–Kier alpha value is -3.12. The standard InChI is InChI=1S/3C8H10.C6H6.C3H8.4C2H6/c3*1-2-8-6-4-3-5-7-8;1-2-4-6-5-3-1;1-3-2;4*1-2/h3*3-7H,2H2,1H3;1-6H;3H2,1-2H3;4*1-2H3. The van der Waals surface area contributed by atoms with E-state index in [1.54, 1.807) is 0 Å². The van der Waals surface area contributed by atoms with Gasteiger partial charge in [-0.1, -0.05) is 224 Å². The van der Waals surface area contributed by atoms with Crippen molar-refractivity contribution < 1.29 is 0 Å². The molecule has 4 aromatic carbocycles. The number of benzene rings is 4. The zero-order valence-corrected chi connectivity index (χ0v) is 29.5. The van der Waals surface area contributed by atoms with Crippen LogP contribution in [0.25, 0.3) is 0 Å². The zero-order valence-electron chi connectivity index (χ0n) is 29.5. The van der Waals surface area contributed by atoms with Gasteiger partial charge < -0.3 is 0 Å². The van der Waals surface area contributed by atoms with Crippen molar-refractivity contribution in [3.8, 4) is 0 Å². The van der Waals surface area contributed by atoms with Crippen LogP contribution in [0.1, 0.15) is 113 Å². The zero-order chi connectivity index (χ0) is 32.4. The van der Waals surface area contributed by atoms with Crippen molar-refractivity contribution in [1.82, 2.24) is 0 Å². The van der Waals surface area contributed by atoms with Gasteiger partial charge in [-0.15, -0.1) is 0 Å². The second kappa shape index (κ2) is 49.8. The Balaban J connectivity index is -0.000000126. The summed E-state index contributed by atoms with van der Waals surface area (Å²) in [6.07, 6.45) is 4.67. The lowest BCUT2D eigenvalue weighted by molar-refractivity contribution is 1.09. The molecule has 0 aliphatic heterocycles. The lowest BCUT2D eigenvalue weighted by Gasteiger charge is -1.89. The summed E-state index contributed by atoms with van der Waals surface area (Å²) in [5, 5.41) is 0. The van der Waals surface area contributed by atoms with Crippen molar-refractivity contribution in [3.63, 3.8) is 0 Å². The molecule has 0 heterocycles. The average molecular weight is 561 g/mol. The summed E-state index contributed by atoms with van der Waals surface area (Å²) in [5.74, 6) is 0. The van der Waals surface area contributed by atoms with Crippen LogP contribution < -0.4 is 0 Å². The number of rotatable bonds is 3. The minimum Gasteiger partial charge on any atom is -0.0683 e. The molecule has 0 amide bonds. The Bertz CT molecular complexity index is 717. The Morgan fingerprint density at radius 1 is 0.268 bits per heavy atom. The molecule has 0 spiro atoms. The molecule has 0 bridgehead atoms. The van der Waals surface area contributed by atoms with Crippen molar-refractivity contribution in [1.29, 1.82) is 0 Å². The van der Waals surface area contributed by atoms with Gasteiger partial charge in [-0.05, 0) is 36.0 Å². The third kappa shape index (κ3) is 41.5. The topological polar surface area (TPSA) is 0 Å². The first-order valence-electron chi connectivity index (χ1n) is 16.3. The number of hydrogen-bond acceptors (Lipinski definition) is 0. The molecule has 0 aliphatic carbocycles. The summed E-state index contributed by atoms with van der Waals surface area (Å²) in [7, 11) is 0. The highest BCUT2D eigenvalue weighted by atomic mass is 13.9. The quantitative estimate of drug-likeness (QED) is 0.234. The van der Waals surface area contributed by atoms with Crippen LogP contribution in [0.3, 0.4) is 0 Å². The van der Waals surface area contributed by atoms with E-state index in [4.69, 9.17) is 0 Å². The van der Waals surface area contributed by atoms with E-state index in [0.717, 1.165) is 19.3 Å². The van der Waals surface area contributed by atoms with Crippen molar-refractivity contribution in [2.24, 2.45) is 0 Å². The van der Waals surface area contributed by atoms with Gasteiger partial charge in [0.25, 0.3) is 0 Å². The molecule has 4 rings (SSSR count). The van der Waals surface area contributed by atoms with Gasteiger partial charge in [-0.2, -0.15) is 0 Å². The van der Waals surface area contributed by atoms with Crippen LogP contribution in [-0.4, -0.2) is 0 Å². The molecule has 0 heteroatoms. The molecule has 0 nitrogen and oxygen atoms in total. The second-order valence-electron chi connectivity index (χ2n) is 7.38. The van der Waals surface area contributed by atoms with Gasteiger partial charge in [0.15, 0.2) is 0 Å². The van der Waals surface area contributed by atoms with E-state index >= 15 is 0 Å². The third-order valence-electron chi connectivity index (χ3n) is 4.42. The first-order valence-corrected chi connectivity index (χ1v) is 16.3. The van der Waals surface area contributed by atoms with Crippen LogP contribution in [0.5, 0.6) is 0 Å². The first kappa shape index (κ1) is 47.7. The summed E-state index contributed by atoms with van der Waals surface area (Å²) in [6, 6.07) is 43.4. The maximum atomic E-state index is 2.16. The summed E-state index contributed by atoms with van der Waals surface area (Å²) in [4.78, 5) is 0. The Kier molecular flexibility index (Phi) is 57.9. The summed E-state index contributed by atoms with van der Waals surface area (Å²) < 4.78 is 0. The highest BCUT2D eigenvalue weighted by Crippen LogP contribution is 1.98. The number of aryl methyl sites for hydroxylation is 3. The van der Waals surface area contributed by atoms with Gasteiger partial charge >= 0.3 is 0 Å². The SMILES string of the molecule is CC.CC.CC.CC.CCC.CCc1ccccc1.CCc1ccccc1.CCc1ccccc1.c1ccccc1. The largest absolute Gasteiger partial charge is 0.0683 e. The Morgan fingerprint density at radius 3 is 0.488 bits per heavy atom. The van der Waals surface area contributed by atoms with Gasteiger partial charge in [0.2, 0.25) is 0 Å². The molecule has 0 N–H and O–H groups in total. The van der Waals surface area contributed by atoms with Gasteiger partial charge in [-0.3, -0.25) is 0 Å². The van der Waals surface area contributed by atoms with Crippen LogP contribution in [0.15, 0.2) is 127 Å². The van der Waals surface area contributed by atoms with Gasteiger partial charge in [0.1, 0.15) is 0 Å². The molecular weight excluding hydrogens is 492 g/mol. The fraction of sp³-hybridized carbons (Fsp3) is 0.415. The molecule has 0 unspecified atom stereocenters. The average Bonchev–Trinajstić information content (AvgIpc) is 3.11. The molecule has 41 heavy (non-hydrogen) atoms. The molecule has 0 saturated heterocycles. The summed E-state index contributed by atoms with van der Waals surface area (Å²) in [6.45, 7) is 26.7. The van der Waals surface area contributed by atoms with E-state index in [2.05, 4.69) is 107 Å². The lowest BCUT2D eigenvalue weighted by atomic mass is 10.2. The van der Waals surface area contributed by atoms with Crippen molar-refractivity contribution >= 4 is 0 Å². The monoisotopic (exact) mass is 561 g/mol. The number of hydrogen-bond donors (Lipinski definition) is 0. The fourth-order valence-electron chi connectivity index (χ4n) is 2.53. The highest BCUT2D eigenvalue weighted by molar-refractivity contribution is 5.15. The van der Waals surface area contributed by atoms with Crippen molar-refractivity contribution in [2.45, 2.75) is 116 Å². The Morgan fingerprint density at radius 2 is 0.390 bits per heavy atom. The highest BCUT2D eigenvalue weighted by Gasteiger charge is 1.81. The normalized spacial score (nSPS) is 7.54. The second-order valence-corrected chi connectivity index (χ2v) is 7.38. The van der Waals surface area contributed by atoms with E-state index < -0.39 is 0 Å². The maximum absolute atomic E-state index is 2.16. The van der Waals surface area contributed by atoms with Crippen LogP contribution in [-0.2, 0) is 19.3 Å². The predicted octanol–water partition coefficient (Wildman–Crippen LogP) is 14.0. The lowest BCUT2D eigenvalue weighted by Crippen LogP contribution is -1.73. The fourth-order valence-corrected chi connectivity index (χ4v) is 2.53. The van der Waals surface area contributed by atoms with Crippen LogP contribution in [0.4, 0.5) is 0 Å². The molecule has 0 aromatic heterocycles. The summed E-state index contributed by atoms with van der Waals surface area (Å²) >= 11 is 0. The summed E-state index contributed by atoms with van der Waals surface area (Å²) in [5.41, 5.74) is 4.23. The van der Waals surface area contributed by atoms with E-state index in [1.165, 1.54) is 23.1 Å². The molecule has 0 aliphatic rings. The van der Waals surface area contributed by atoms with Crippen molar-refractivity contribution in [2.75, 3.05) is 0 Å². The first-order chi connectivity index (χ1) is 20.2. The van der Waals surface area contributed by atoms with Gasteiger partial charge in [0.05, 0.1) is 0 Å². The van der Waals surface area contributed by atoms with Crippen LogP contribution >= 0.6 is 0 Å². The molecule has 0 saturated carbocycles. The minimum atomic E-state index is 1.14. The van der Waals surface area contributed by atoms with Gasteiger partial charge in [-0.25, -0.2) is 0 Å². The van der Waals surface area contributed by atoms with Crippen LogP contribution in [0.2, 0.25) is 0 Å². The Labute approximate surface area is 259 Å². The molecular formula is C41H68. The molecule has 0 atom stereocenters. The van der Waals surface area contributed by atoms with E-state index in [-0.39, 0.29) is 0 Å². The smallest absolute Gasteiger partial charge is 0.0307 e. The van der Waals surface area contributed by atoms with E-state index in [9.17, 15) is 0 Å². The maximum Gasteiger partial charge on any atom is -0.0307 e. The minimum absolute atomic E-state index is 1.14. The van der Waals surface area contributed by atoms with Crippen molar-refractivity contribution in [3.05, 3.63) is 144 Å².